The molecule has 2 unspecified atom stereocenters. The van der Waals surface area contributed by atoms with Gasteiger partial charge in [-0.3, -0.25) is 4.79 Å². The number of nitrogens with two attached hydrogens (primary N) is 1. The number of aromatic nitrogens is 1. The molecule has 0 aliphatic heterocycles. The molecule has 4 nitrogen and oxygen atoms in total. The zero-order chi connectivity index (χ0) is 14.7. The lowest BCUT2D eigenvalue weighted by Gasteiger charge is -2.13. The summed E-state index contributed by atoms with van der Waals surface area (Å²) < 4.78 is 0. The standard InChI is InChI=1S/C15H19N3OS/c1-9-6-4-5-7-12(9)13-8-20-15(17-13)18-14(19)10(2)11(3)16/h4-8,10-11H,16H2,1-3H3,(H,17,18,19). The van der Waals surface area contributed by atoms with E-state index in [-0.39, 0.29) is 17.9 Å². The van der Waals surface area contributed by atoms with E-state index >= 15 is 0 Å². The molecule has 20 heavy (non-hydrogen) atoms. The van der Waals surface area contributed by atoms with Crippen LogP contribution in [-0.4, -0.2) is 16.9 Å². The number of rotatable bonds is 4. The minimum Gasteiger partial charge on any atom is -0.327 e. The summed E-state index contributed by atoms with van der Waals surface area (Å²) in [5.74, 6) is -0.327. The molecule has 0 saturated carbocycles. The maximum atomic E-state index is 11.9. The van der Waals surface area contributed by atoms with E-state index in [1.165, 1.54) is 16.9 Å². The summed E-state index contributed by atoms with van der Waals surface area (Å²) in [4.78, 5) is 16.4. The van der Waals surface area contributed by atoms with Crippen LogP contribution in [0.5, 0.6) is 0 Å². The van der Waals surface area contributed by atoms with Crippen molar-refractivity contribution in [1.82, 2.24) is 4.98 Å². The van der Waals surface area contributed by atoms with Crippen LogP contribution in [0.1, 0.15) is 19.4 Å². The average Bonchev–Trinajstić information content (AvgIpc) is 2.86. The highest BCUT2D eigenvalue weighted by molar-refractivity contribution is 7.14. The van der Waals surface area contributed by atoms with E-state index in [2.05, 4.69) is 10.3 Å². The molecule has 0 spiro atoms. The number of carbonyl (C=O) groups excluding carboxylic acids is 1. The number of anilines is 1. The number of hydrogen-bond acceptors (Lipinski definition) is 4. The van der Waals surface area contributed by atoms with E-state index in [9.17, 15) is 4.79 Å². The van der Waals surface area contributed by atoms with Gasteiger partial charge in [-0.2, -0.15) is 0 Å². The van der Waals surface area contributed by atoms with Crippen molar-refractivity contribution >= 4 is 22.4 Å². The third-order valence-electron chi connectivity index (χ3n) is 3.36. The van der Waals surface area contributed by atoms with E-state index in [0.717, 1.165) is 11.3 Å². The van der Waals surface area contributed by atoms with Crippen molar-refractivity contribution in [3.63, 3.8) is 0 Å². The van der Waals surface area contributed by atoms with Gasteiger partial charge in [-0.1, -0.05) is 31.2 Å². The second kappa shape index (κ2) is 6.15. The molecule has 1 aromatic carbocycles. The molecule has 2 atom stereocenters. The van der Waals surface area contributed by atoms with Crippen LogP contribution in [-0.2, 0) is 4.79 Å². The Balaban J connectivity index is 2.14. The smallest absolute Gasteiger partial charge is 0.230 e. The van der Waals surface area contributed by atoms with E-state index < -0.39 is 0 Å². The molecular weight excluding hydrogens is 270 g/mol. The number of thiazole rings is 1. The fourth-order valence-electron chi connectivity index (χ4n) is 1.77. The van der Waals surface area contributed by atoms with E-state index in [1.54, 1.807) is 0 Å². The van der Waals surface area contributed by atoms with Gasteiger partial charge in [0.2, 0.25) is 5.91 Å². The maximum absolute atomic E-state index is 11.9. The summed E-state index contributed by atoms with van der Waals surface area (Å²) in [5, 5.41) is 5.39. The SMILES string of the molecule is Cc1ccccc1-c1csc(NC(=O)C(C)C(C)N)n1. The minimum atomic E-state index is -0.235. The number of benzene rings is 1. The van der Waals surface area contributed by atoms with Crippen LogP contribution in [0.2, 0.25) is 0 Å². The predicted octanol–water partition coefficient (Wildman–Crippen LogP) is 3.04. The van der Waals surface area contributed by atoms with Crippen LogP contribution in [0.25, 0.3) is 11.3 Å². The Morgan fingerprint density at radius 2 is 2.05 bits per heavy atom. The van der Waals surface area contributed by atoms with Crippen molar-refractivity contribution in [3.05, 3.63) is 35.2 Å². The van der Waals surface area contributed by atoms with Crippen molar-refractivity contribution in [2.24, 2.45) is 11.7 Å². The number of hydrogen-bond donors (Lipinski definition) is 2. The molecule has 2 rings (SSSR count). The molecule has 106 valence electrons. The van der Waals surface area contributed by atoms with Crippen LogP contribution in [0.15, 0.2) is 29.6 Å². The van der Waals surface area contributed by atoms with Crippen molar-refractivity contribution in [3.8, 4) is 11.3 Å². The highest BCUT2D eigenvalue weighted by atomic mass is 32.1. The fraction of sp³-hybridized carbons (Fsp3) is 0.333. The van der Waals surface area contributed by atoms with Gasteiger partial charge >= 0.3 is 0 Å². The van der Waals surface area contributed by atoms with Gasteiger partial charge in [-0.15, -0.1) is 11.3 Å². The molecule has 0 saturated heterocycles. The molecule has 1 amide bonds. The van der Waals surface area contributed by atoms with Gasteiger partial charge in [0.05, 0.1) is 11.6 Å². The largest absolute Gasteiger partial charge is 0.327 e. The van der Waals surface area contributed by atoms with Crippen molar-refractivity contribution in [2.75, 3.05) is 5.32 Å². The Morgan fingerprint density at radius 1 is 1.35 bits per heavy atom. The Bertz CT molecular complexity index is 607. The normalized spacial score (nSPS) is 13.8. The van der Waals surface area contributed by atoms with E-state index in [1.807, 2.05) is 50.4 Å². The first kappa shape index (κ1) is 14.7. The molecule has 0 aliphatic rings. The first-order chi connectivity index (χ1) is 9.49. The molecule has 5 heteroatoms. The highest BCUT2D eigenvalue weighted by Gasteiger charge is 2.18. The summed E-state index contributed by atoms with van der Waals surface area (Å²) in [6, 6.07) is 7.88. The van der Waals surface area contributed by atoms with Crippen LogP contribution < -0.4 is 11.1 Å². The van der Waals surface area contributed by atoms with Crippen LogP contribution in [0.4, 0.5) is 5.13 Å². The number of amides is 1. The number of nitrogens with zero attached hydrogens (tertiary/aromatic N) is 1. The molecule has 0 bridgehead atoms. The van der Waals surface area contributed by atoms with Gasteiger partial charge in [0.15, 0.2) is 5.13 Å². The Hall–Kier alpha value is -1.72. The maximum Gasteiger partial charge on any atom is 0.230 e. The highest BCUT2D eigenvalue weighted by Crippen LogP contribution is 2.27. The minimum absolute atomic E-state index is 0.0920. The Morgan fingerprint density at radius 3 is 2.70 bits per heavy atom. The average molecular weight is 289 g/mol. The van der Waals surface area contributed by atoms with Crippen molar-refractivity contribution in [2.45, 2.75) is 26.8 Å². The lowest BCUT2D eigenvalue weighted by atomic mass is 10.0. The fourth-order valence-corrected chi connectivity index (χ4v) is 2.49. The first-order valence-electron chi connectivity index (χ1n) is 6.57. The second-order valence-electron chi connectivity index (χ2n) is 4.99. The molecule has 3 N–H and O–H groups in total. The lowest BCUT2D eigenvalue weighted by molar-refractivity contribution is -0.119. The topological polar surface area (TPSA) is 68.0 Å². The van der Waals surface area contributed by atoms with Gasteiger partial charge in [0.25, 0.3) is 0 Å². The summed E-state index contributed by atoms with van der Waals surface area (Å²) in [6.45, 7) is 5.69. The van der Waals surface area contributed by atoms with Gasteiger partial charge < -0.3 is 11.1 Å². The number of aryl methyl sites for hydroxylation is 1. The molecule has 1 aromatic heterocycles. The molecule has 0 aliphatic carbocycles. The van der Waals surface area contributed by atoms with E-state index in [4.69, 9.17) is 5.73 Å². The predicted molar refractivity (Wildman–Crippen MR) is 83.7 cm³/mol. The quantitative estimate of drug-likeness (QED) is 0.909. The third kappa shape index (κ3) is 3.23. The number of carbonyl (C=O) groups is 1. The zero-order valence-electron chi connectivity index (χ0n) is 11.9. The summed E-state index contributed by atoms with van der Waals surface area (Å²) in [5.41, 5.74) is 8.87. The molecule has 0 fully saturated rings. The summed E-state index contributed by atoms with van der Waals surface area (Å²) in [7, 11) is 0. The van der Waals surface area contributed by atoms with Crippen molar-refractivity contribution < 1.29 is 4.79 Å². The number of nitrogens with one attached hydrogen (secondary N) is 1. The molecular formula is C15H19N3OS. The first-order valence-corrected chi connectivity index (χ1v) is 7.45. The van der Waals surface area contributed by atoms with Gasteiger partial charge in [0, 0.05) is 17.0 Å². The second-order valence-corrected chi connectivity index (χ2v) is 5.85. The van der Waals surface area contributed by atoms with Crippen molar-refractivity contribution in [1.29, 1.82) is 0 Å². The zero-order valence-corrected chi connectivity index (χ0v) is 12.7. The lowest BCUT2D eigenvalue weighted by Crippen LogP contribution is -2.34. The molecule has 0 radical (unpaired) electrons. The van der Waals surface area contributed by atoms with E-state index in [0.29, 0.717) is 5.13 Å². The Kier molecular flexibility index (Phi) is 4.52. The molecule has 2 aromatic rings. The van der Waals surface area contributed by atoms with Gasteiger partial charge in [-0.25, -0.2) is 4.98 Å². The van der Waals surface area contributed by atoms with Crippen LogP contribution in [0.3, 0.4) is 0 Å². The summed E-state index contributed by atoms with van der Waals surface area (Å²) >= 11 is 1.43. The van der Waals surface area contributed by atoms with Gasteiger partial charge in [0.1, 0.15) is 0 Å². The molecule has 1 heterocycles. The third-order valence-corrected chi connectivity index (χ3v) is 4.12. The Labute approximate surface area is 123 Å². The monoisotopic (exact) mass is 289 g/mol. The van der Waals surface area contributed by atoms with Gasteiger partial charge in [-0.05, 0) is 19.4 Å². The van der Waals surface area contributed by atoms with Crippen LogP contribution >= 0.6 is 11.3 Å². The summed E-state index contributed by atoms with van der Waals surface area (Å²) in [6.07, 6.45) is 0. The van der Waals surface area contributed by atoms with Crippen LogP contribution in [0, 0.1) is 12.8 Å².